The summed E-state index contributed by atoms with van der Waals surface area (Å²) in [5.41, 5.74) is 9.55. The fourth-order valence-corrected chi connectivity index (χ4v) is 10.8. The lowest BCUT2D eigenvalue weighted by atomic mass is 9.95. The smallest absolute Gasteiger partial charge is 0.0789 e. The third-order valence-electron chi connectivity index (χ3n) is 10.3. The third-order valence-corrected chi connectivity index (χ3v) is 12.7. The number of para-hydroxylation sites is 1. The molecule has 0 atom stereocenters. The maximum absolute atomic E-state index is 2.68. The number of benzene rings is 6. The SMILES string of the molecule is c1ccc2c(c1)sc1c(-n3c4c(c5ccc6c7ccccc7n(-c7cccc8c7sc7ccccc78)c6c53)CCCC4)cccc12. The standard InChI is InChI=1S/C42H28N2S2/c1-5-17-33-25(11-1)29-23-24-30-26-12-2-6-18-34(26)44(36-20-10-16-32-28-14-4-8-22-38(28)46-42(32)36)40(30)39(29)43(33)35-19-9-15-31-27-13-3-7-21-37(27)45-41(31)35/h1,3-5,7-11,13-17,19-24H,2,6,12,18H2. The van der Waals surface area contributed by atoms with Gasteiger partial charge in [0.05, 0.1) is 37.3 Å². The van der Waals surface area contributed by atoms with Crippen molar-refractivity contribution in [2.45, 2.75) is 25.7 Å². The van der Waals surface area contributed by atoms with E-state index in [0.29, 0.717) is 0 Å². The Morgan fingerprint density at radius 1 is 0.413 bits per heavy atom. The highest BCUT2D eigenvalue weighted by molar-refractivity contribution is 7.26. The van der Waals surface area contributed by atoms with Gasteiger partial charge in [0.1, 0.15) is 0 Å². The van der Waals surface area contributed by atoms with E-state index in [9.17, 15) is 0 Å². The Bertz CT molecular complexity index is 2870. The van der Waals surface area contributed by atoms with Crippen LogP contribution in [0.5, 0.6) is 0 Å². The van der Waals surface area contributed by atoms with E-state index in [1.165, 1.54) is 109 Å². The summed E-state index contributed by atoms with van der Waals surface area (Å²) in [5, 5.41) is 9.42. The second kappa shape index (κ2) is 9.32. The van der Waals surface area contributed by atoms with Gasteiger partial charge in [-0.15, -0.1) is 22.7 Å². The van der Waals surface area contributed by atoms with Crippen LogP contribution in [0, 0.1) is 0 Å². The summed E-state index contributed by atoms with van der Waals surface area (Å²) in [6.45, 7) is 0. The summed E-state index contributed by atoms with van der Waals surface area (Å²) in [5.74, 6) is 0. The molecular weight excluding hydrogens is 597 g/mol. The Hall–Kier alpha value is -4.90. The zero-order valence-corrected chi connectivity index (χ0v) is 26.7. The lowest BCUT2D eigenvalue weighted by Gasteiger charge is -2.17. The van der Waals surface area contributed by atoms with Gasteiger partial charge < -0.3 is 9.13 Å². The number of fused-ring (bicyclic) bond motifs is 13. The van der Waals surface area contributed by atoms with Crippen molar-refractivity contribution in [1.29, 1.82) is 0 Å². The van der Waals surface area contributed by atoms with Crippen LogP contribution < -0.4 is 0 Å². The van der Waals surface area contributed by atoms with Crippen molar-refractivity contribution in [3.05, 3.63) is 133 Å². The molecule has 0 N–H and O–H groups in total. The van der Waals surface area contributed by atoms with Gasteiger partial charge in [0.25, 0.3) is 0 Å². The number of hydrogen-bond acceptors (Lipinski definition) is 2. The second-order valence-electron chi connectivity index (χ2n) is 12.7. The molecule has 4 heterocycles. The fourth-order valence-electron chi connectivity index (χ4n) is 8.40. The Morgan fingerprint density at radius 2 is 0.957 bits per heavy atom. The minimum atomic E-state index is 1.11. The van der Waals surface area contributed by atoms with Crippen molar-refractivity contribution < 1.29 is 0 Å². The van der Waals surface area contributed by atoms with Gasteiger partial charge in [-0.2, -0.15) is 0 Å². The van der Waals surface area contributed by atoms with Crippen LogP contribution in [-0.4, -0.2) is 9.13 Å². The molecule has 46 heavy (non-hydrogen) atoms. The molecule has 218 valence electrons. The quantitative estimate of drug-likeness (QED) is 0.181. The van der Waals surface area contributed by atoms with Crippen molar-refractivity contribution in [2.24, 2.45) is 0 Å². The number of rotatable bonds is 2. The average Bonchev–Trinajstić information content (AvgIpc) is 3.86. The Labute approximate surface area is 273 Å². The highest BCUT2D eigenvalue weighted by Gasteiger charge is 2.27. The highest BCUT2D eigenvalue weighted by Crippen LogP contribution is 2.47. The predicted octanol–water partition coefficient (Wildman–Crippen LogP) is 12.3. The lowest BCUT2D eigenvalue weighted by Crippen LogP contribution is -2.07. The van der Waals surface area contributed by atoms with E-state index in [0.717, 1.165) is 12.8 Å². The summed E-state index contributed by atoms with van der Waals surface area (Å²) >= 11 is 3.85. The van der Waals surface area contributed by atoms with E-state index in [2.05, 4.69) is 130 Å². The van der Waals surface area contributed by atoms with Gasteiger partial charge in [0, 0.05) is 52.8 Å². The van der Waals surface area contributed by atoms with E-state index in [4.69, 9.17) is 0 Å². The molecule has 0 saturated heterocycles. The molecule has 0 fully saturated rings. The van der Waals surface area contributed by atoms with E-state index in [-0.39, 0.29) is 0 Å². The molecule has 1 aliphatic rings. The van der Waals surface area contributed by atoms with Gasteiger partial charge in [-0.3, -0.25) is 0 Å². The molecule has 0 radical (unpaired) electrons. The number of aromatic nitrogens is 2. The molecule has 0 unspecified atom stereocenters. The van der Waals surface area contributed by atoms with Crippen molar-refractivity contribution in [3.8, 4) is 11.4 Å². The van der Waals surface area contributed by atoms with E-state index < -0.39 is 0 Å². The molecule has 10 aromatic rings. The van der Waals surface area contributed by atoms with Gasteiger partial charge in [-0.1, -0.05) is 91.0 Å². The number of thiophene rings is 2. The molecule has 6 aromatic carbocycles. The molecular formula is C42H28N2S2. The first kappa shape index (κ1) is 25.3. The van der Waals surface area contributed by atoms with Crippen molar-refractivity contribution in [3.63, 3.8) is 0 Å². The van der Waals surface area contributed by atoms with Gasteiger partial charge in [0.15, 0.2) is 0 Å². The molecule has 1 aliphatic carbocycles. The van der Waals surface area contributed by atoms with Gasteiger partial charge in [-0.05, 0) is 61.6 Å². The maximum atomic E-state index is 2.68. The summed E-state index contributed by atoms with van der Waals surface area (Å²) < 4.78 is 10.7. The molecule has 0 amide bonds. The zero-order chi connectivity index (χ0) is 29.9. The van der Waals surface area contributed by atoms with Crippen molar-refractivity contribution in [2.75, 3.05) is 0 Å². The lowest BCUT2D eigenvalue weighted by molar-refractivity contribution is 0.667. The van der Waals surface area contributed by atoms with Crippen LogP contribution >= 0.6 is 22.7 Å². The van der Waals surface area contributed by atoms with Gasteiger partial charge in [-0.25, -0.2) is 0 Å². The number of nitrogens with zero attached hydrogens (tertiary/aromatic N) is 2. The minimum absolute atomic E-state index is 1.11. The zero-order valence-electron chi connectivity index (χ0n) is 25.1. The average molecular weight is 625 g/mol. The second-order valence-corrected chi connectivity index (χ2v) is 14.8. The third kappa shape index (κ3) is 3.25. The van der Waals surface area contributed by atoms with Crippen LogP contribution in [-0.2, 0) is 12.8 Å². The summed E-state index contributed by atoms with van der Waals surface area (Å²) in [7, 11) is 0. The molecule has 0 bridgehead atoms. The van der Waals surface area contributed by atoms with Gasteiger partial charge >= 0.3 is 0 Å². The first-order valence-electron chi connectivity index (χ1n) is 16.2. The van der Waals surface area contributed by atoms with Crippen LogP contribution in [0.1, 0.15) is 24.1 Å². The van der Waals surface area contributed by atoms with E-state index in [1.807, 2.05) is 22.7 Å². The fraction of sp³-hybridized carbons (Fsp3) is 0.0952. The largest absolute Gasteiger partial charge is 0.310 e. The minimum Gasteiger partial charge on any atom is -0.310 e. The Morgan fingerprint density at radius 3 is 1.67 bits per heavy atom. The Kier molecular flexibility index (Phi) is 5.13. The molecule has 2 nitrogen and oxygen atoms in total. The van der Waals surface area contributed by atoms with Crippen molar-refractivity contribution >= 4 is 95.7 Å². The maximum Gasteiger partial charge on any atom is 0.0789 e. The van der Waals surface area contributed by atoms with E-state index in [1.54, 1.807) is 0 Å². The molecule has 4 heteroatoms. The summed E-state index contributed by atoms with van der Waals surface area (Å²) in [4.78, 5) is 0. The highest BCUT2D eigenvalue weighted by atomic mass is 32.1. The summed E-state index contributed by atoms with van der Waals surface area (Å²) in [6.07, 6.45) is 4.73. The summed E-state index contributed by atoms with van der Waals surface area (Å²) in [6, 6.07) is 45.4. The van der Waals surface area contributed by atoms with E-state index >= 15 is 0 Å². The molecule has 11 rings (SSSR count). The predicted molar refractivity (Wildman–Crippen MR) is 200 cm³/mol. The molecule has 0 aliphatic heterocycles. The van der Waals surface area contributed by atoms with Crippen molar-refractivity contribution in [1.82, 2.24) is 9.13 Å². The topological polar surface area (TPSA) is 9.86 Å². The van der Waals surface area contributed by atoms with Crippen LogP contribution in [0.4, 0.5) is 0 Å². The van der Waals surface area contributed by atoms with Crippen LogP contribution in [0.15, 0.2) is 121 Å². The number of hydrogen-bond donors (Lipinski definition) is 0. The van der Waals surface area contributed by atoms with Crippen LogP contribution in [0.25, 0.3) is 84.4 Å². The number of aryl methyl sites for hydroxylation is 1. The normalized spacial score (nSPS) is 13.7. The molecule has 0 spiro atoms. The molecule has 4 aromatic heterocycles. The molecule has 0 saturated carbocycles. The van der Waals surface area contributed by atoms with Crippen LogP contribution in [0.3, 0.4) is 0 Å². The Balaban J connectivity index is 1.36. The van der Waals surface area contributed by atoms with Crippen LogP contribution in [0.2, 0.25) is 0 Å². The first-order valence-corrected chi connectivity index (χ1v) is 17.9. The first-order chi connectivity index (χ1) is 22.8. The monoisotopic (exact) mass is 624 g/mol. The van der Waals surface area contributed by atoms with Gasteiger partial charge in [0.2, 0.25) is 0 Å².